The summed E-state index contributed by atoms with van der Waals surface area (Å²) in [6.45, 7) is 4.24. The second-order valence-corrected chi connectivity index (χ2v) is 6.05. The van der Waals surface area contributed by atoms with Crippen molar-refractivity contribution in [1.82, 2.24) is 0 Å². The lowest BCUT2D eigenvalue weighted by atomic mass is 9.74. The van der Waals surface area contributed by atoms with Gasteiger partial charge >= 0.3 is 5.97 Å². The van der Waals surface area contributed by atoms with Gasteiger partial charge in [-0.2, -0.15) is 0 Å². The zero-order valence-electron chi connectivity index (χ0n) is 10.2. The molecule has 3 heteroatoms. The topological polar surface area (TPSA) is 26.3 Å². The second kappa shape index (κ2) is 4.45. The molecule has 1 aliphatic heterocycles. The van der Waals surface area contributed by atoms with E-state index in [0.29, 0.717) is 11.8 Å². The quantitative estimate of drug-likeness (QED) is 0.615. The fourth-order valence-electron chi connectivity index (χ4n) is 2.57. The van der Waals surface area contributed by atoms with Crippen LogP contribution in [-0.4, -0.2) is 11.3 Å². The number of ether oxygens (including phenoxy) is 1. The molecule has 2 rings (SSSR count). The van der Waals surface area contributed by atoms with Crippen LogP contribution in [-0.2, 0) is 15.1 Å². The highest BCUT2D eigenvalue weighted by molar-refractivity contribution is 9.09. The van der Waals surface area contributed by atoms with E-state index in [1.807, 2.05) is 30.3 Å². The monoisotopic (exact) mass is 296 g/mol. The Labute approximate surface area is 110 Å². The molecule has 0 bridgehead atoms. The summed E-state index contributed by atoms with van der Waals surface area (Å²) in [5, 5.41) is 0.638. The van der Waals surface area contributed by atoms with Gasteiger partial charge in [0.1, 0.15) is 5.60 Å². The van der Waals surface area contributed by atoms with E-state index in [1.54, 1.807) is 0 Å². The molecule has 1 heterocycles. The van der Waals surface area contributed by atoms with Gasteiger partial charge in [0.25, 0.3) is 0 Å². The van der Waals surface area contributed by atoms with Crippen LogP contribution in [0.1, 0.15) is 32.3 Å². The molecule has 1 atom stereocenters. The van der Waals surface area contributed by atoms with Crippen LogP contribution in [0.5, 0.6) is 0 Å². The van der Waals surface area contributed by atoms with Crippen LogP contribution in [0.25, 0.3) is 0 Å². The van der Waals surface area contributed by atoms with Crippen LogP contribution >= 0.6 is 15.9 Å². The molecule has 92 valence electrons. The van der Waals surface area contributed by atoms with Crippen molar-refractivity contribution in [2.45, 2.75) is 32.3 Å². The third-order valence-electron chi connectivity index (χ3n) is 3.21. The SMILES string of the molecule is CC1(C)CC(=O)OC(CBr)(c2ccccc2)C1. The van der Waals surface area contributed by atoms with Crippen molar-refractivity contribution in [3.63, 3.8) is 0 Å². The van der Waals surface area contributed by atoms with E-state index in [-0.39, 0.29) is 11.4 Å². The van der Waals surface area contributed by atoms with E-state index in [4.69, 9.17) is 4.74 Å². The highest BCUT2D eigenvalue weighted by Gasteiger charge is 2.45. The van der Waals surface area contributed by atoms with Gasteiger partial charge in [0.15, 0.2) is 0 Å². The molecule has 1 saturated heterocycles. The Bertz CT molecular complexity index is 413. The summed E-state index contributed by atoms with van der Waals surface area (Å²) < 4.78 is 5.66. The first-order valence-corrected chi connectivity index (χ1v) is 6.93. The Morgan fingerprint density at radius 3 is 2.47 bits per heavy atom. The Morgan fingerprint density at radius 2 is 1.94 bits per heavy atom. The molecule has 17 heavy (non-hydrogen) atoms. The molecule has 0 aliphatic carbocycles. The minimum absolute atomic E-state index is 0.0149. The molecule has 0 spiro atoms. The lowest BCUT2D eigenvalue weighted by molar-refractivity contribution is -0.175. The van der Waals surface area contributed by atoms with Gasteiger partial charge in [0.2, 0.25) is 0 Å². The largest absolute Gasteiger partial charge is 0.453 e. The molecule has 2 nitrogen and oxygen atoms in total. The number of hydrogen-bond donors (Lipinski definition) is 0. The Kier molecular flexibility index (Phi) is 3.30. The van der Waals surface area contributed by atoms with Crippen LogP contribution in [0.4, 0.5) is 0 Å². The fraction of sp³-hybridized carbons (Fsp3) is 0.500. The van der Waals surface area contributed by atoms with Crippen molar-refractivity contribution in [2.75, 3.05) is 5.33 Å². The lowest BCUT2D eigenvalue weighted by Gasteiger charge is -2.43. The Balaban J connectivity index is 2.41. The number of carbonyl (C=O) groups excluding carboxylic acids is 1. The first-order chi connectivity index (χ1) is 7.97. The number of halogens is 1. The second-order valence-electron chi connectivity index (χ2n) is 5.49. The third-order valence-corrected chi connectivity index (χ3v) is 4.12. The summed E-state index contributed by atoms with van der Waals surface area (Å²) in [5.41, 5.74) is 0.539. The molecular formula is C14H17BrO2. The zero-order valence-corrected chi connectivity index (χ0v) is 11.8. The van der Waals surface area contributed by atoms with Gasteiger partial charge in [0.05, 0.1) is 6.42 Å². The highest BCUT2D eigenvalue weighted by atomic mass is 79.9. The van der Waals surface area contributed by atoms with Crippen molar-refractivity contribution >= 4 is 21.9 Å². The molecule has 1 aliphatic rings. The van der Waals surface area contributed by atoms with Gasteiger partial charge in [-0.15, -0.1) is 0 Å². The van der Waals surface area contributed by atoms with Gasteiger partial charge in [-0.1, -0.05) is 60.1 Å². The van der Waals surface area contributed by atoms with E-state index in [2.05, 4.69) is 29.8 Å². The number of hydrogen-bond acceptors (Lipinski definition) is 2. The normalized spacial score (nSPS) is 27.6. The van der Waals surface area contributed by atoms with Gasteiger partial charge in [0, 0.05) is 5.33 Å². The molecule has 1 aromatic carbocycles. The molecule has 1 unspecified atom stereocenters. The standard InChI is InChI=1S/C14H17BrO2/c1-13(2)8-12(16)17-14(9-13,10-15)11-6-4-3-5-7-11/h3-7H,8-10H2,1-2H3. The van der Waals surface area contributed by atoms with Crippen molar-refractivity contribution < 1.29 is 9.53 Å². The fourth-order valence-corrected chi connectivity index (χ4v) is 3.21. The van der Waals surface area contributed by atoms with Crippen LogP contribution < -0.4 is 0 Å². The number of rotatable bonds is 2. The van der Waals surface area contributed by atoms with Crippen LogP contribution in [0.3, 0.4) is 0 Å². The van der Waals surface area contributed by atoms with Crippen LogP contribution in [0.15, 0.2) is 30.3 Å². The molecule has 1 fully saturated rings. The summed E-state index contributed by atoms with van der Waals surface area (Å²) in [6.07, 6.45) is 1.34. The van der Waals surface area contributed by atoms with Crippen molar-refractivity contribution in [1.29, 1.82) is 0 Å². The molecule has 0 amide bonds. The van der Waals surface area contributed by atoms with E-state index < -0.39 is 5.60 Å². The van der Waals surface area contributed by atoms with Crippen LogP contribution in [0, 0.1) is 5.41 Å². The number of benzene rings is 1. The smallest absolute Gasteiger partial charge is 0.307 e. The zero-order chi connectivity index (χ0) is 12.5. The number of esters is 1. The molecule has 1 aromatic rings. The van der Waals surface area contributed by atoms with E-state index in [9.17, 15) is 4.79 Å². The third kappa shape index (κ3) is 2.54. The summed E-state index contributed by atoms with van der Waals surface area (Å²) in [5.74, 6) is -0.107. The number of alkyl halides is 1. The molecule has 0 saturated carbocycles. The summed E-state index contributed by atoms with van der Waals surface area (Å²) >= 11 is 3.51. The lowest BCUT2D eigenvalue weighted by Crippen LogP contribution is -2.44. The van der Waals surface area contributed by atoms with Gasteiger partial charge in [-0.25, -0.2) is 0 Å². The van der Waals surface area contributed by atoms with Crippen molar-refractivity contribution in [3.8, 4) is 0 Å². The Morgan fingerprint density at radius 1 is 1.29 bits per heavy atom. The first kappa shape index (κ1) is 12.6. The van der Waals surface area contributed by atoms with Gasteiger partial charge < -0.3 is 4.74 Å². The van der Waals surface area contributed by atoms with Crippen molar-refractivity contribution in [3.05, 3.63) is 35.9 Å². The van der Waals surface area contributed by atoms with Crippen molar-refractivity contribution in [2.24, 2.45) is 5.41 Å². The number of cyclic esters (lactones) is 1. The maximum Gasteiger partial charge on any atom is 0.307 e. The summed E-state index contributed by atoms with van der Waals surface area (Å²) in [7, 11) is 0. The molecular weight excluding hydrogens is 280 g/mol. The highest BCUT2D eigenvalue weighted by Crippen LogP contribution is 2.45. The molecule has 0 aromatic heterocycles. The summed E-state index contributed by atoms with van der Waals surface area (Å²) in [4.78, 5) is 11.8. The average molecular weight is 297 g/mol. The van der Waals surface area contributed by atoms with E-state index in [1.165, 1.54) is 0 Å². The summed E-state index contributed by atoms with van der Waals surface area (Å²) in [6, 6.07) is 9.98. The van der Waals surface area contributed by atoms with Crippen LogP contribution in [0.2, 0.25) is 0 Å². The maximum absolute atomic E-state index is 11.8. The van der Waals surface area contributed by atoms with Gasteiger partial charge in [-0.3, -0.25) is 4.79 Å². The van der Waals surface area contributed by atoms with E-state index in [0.717, 1.165) is 12.0 Å². The average Bonchev–Trinajstić information content (AvgIpc) is 2.27. The van der Waals surface area contributed by atoms with Gasteiger partial charge in [-0.05, 0) is 17.4 Å². The predicted octanol–water partition coefficient (Wildman–Crippen LogP) is 3.64. The minimum Gasteiger partial charge on any atom is -0.453 e. The molecule has 0 N–H and O–H groups in total. The molecule has 0 radical (unpaired) electrons. The maximum atomic E-state index is 11.8. The Hall–Kier alpha value is -0.830. The number of carbonyl (C=O) groups is 1. The van der Waals surface area contributed by atoms with E-state index >= 15 is 0 Å². The predicted molar refractivity (Wildman–Crippen MR) is 71.0 cm³/mol. The first-order valence-electron chi connectivity index (χ1n) is 5.81. The minimum atomic E-state index is -0.514.